The average Bonchev–Trinajstić information content (AvgIpc) is 3.19. The fraction of sp³-hybridized carbons (Fsp3) is 0.977. The molecule has 1 aliphatic carbocycles. The van der Waals surface area contributed by atoms with E-state index < -0.39 is 63.1 Å². The first-order valence-electron chi connectivity index (χ1n) is 23.4. The molecule has 0 aromatic rings. The number of hydrogen-bond acceptors (Lipinski definition) is 11. The summed E-state index contributed by atoms with van der Waals surface area (Å²) < 4.78 is 34.1. The highest BCUT2D eigenvalue weighted by atomic mass is 31.2. The number of esters is 1. The molecule has 12 nitrogen and oxygen atoms in total. The predicted octanol–water partition coefficient (Wildman–Crippen LogP) is 9.37. The minimum atomic E-state index is -5.00. The van der Waals surface area contributed by atoms with E-state index in [1.165, 1.54) is 148 Å². The van der Waals surface area contributed by atoms with Crippen LogP contribution in [0.1, 0.15) is 213 Å². The first-order chi connectivity index (χ1) is 27.5. The Bertz CT molecular complexity index is 958. The van der Waals surface area contributed by atoms with Crippen molar-refractivity contribution in [1.29, 1.82) is 0 Å². The molecule has 0 radical (unpaired) electrons. The van der Waals surface area contributed by atoms with Crippen molar-refractivity contribution < 1.29 is 58.3 Å². The fourth-order valence-corrected chi connectivity index (χ4v) is 8.45. The van der Waals surface area contributed by atoms with Crippen molar-refractivity contribution in [2.24, 2.45) is 0 Å². The highest BCUT2D eigenvalue weighted by Gasteiger charge is 2.51. The van der Waals surface area contributed by atoms with Gasteiger partial charge in [-0.25, -0.2) is 4.57 Å². The molecule has 1 saturated carbocycles. The third-order valence-corrected chi connectivity index (χ3v) is 12.2. The second kappa shape index (κ2) is 36.0. The van der Waals surface area contributed by atoms with Gasteiger partial charge in [-0.2, -0.15) is 0 Å². The van der Waals surface area contributed by atoms with Crippen molar-refractivity contribution in [3.8, 4) is 0 Å². The molecule has 0 spiro atoms. The van der Waals surface area contributed by atoms with Crippen LogP contribution in [0.2, 0.25) is 0 Å². The quantitative estimate of drug-likeness (QED) is 0.0195. The molecular formula is C44H87O12P. The summed E-state index contributed by atoms with van der Waals surface area (Å²) in [7, 11) is -5.00. The standard InChI is InChI=1S/C44H87O12P/c1-3-5-7-9-11-13-15-16-17-18-19-20-21-22-23-24-26-28-30-32-34-53-35-37(55-38(45)33-31-29-27-25-14-12-10-8-6-4-2)36-54-57(51,52)56-44-42(49)40(47)39(46)41(48)43(44)50/h37,39-44,46-50H,3-36H2,1-2H3,(H,51,52). The molecule has 6 atom stereocenters. The summed E-state index contributed by atoms with van der Waals surface area (Å²) in [5, 5.41) is 50.1. The van der Waals surface area contributed by atoms with Crippen LogP contribution in [0.3, 0.4) is 0 Å². The number of aliphatic hydroxyl groups is 5. The Hall–Kier alpha value is -0.660. The van der Waals surface area contributed by atoms with Crippen molar-refractivity contribution in [3.05, 3.63) is 0 Å². The Kier molecular flexibility index (Phi) is 34.4. The van der Waals surface area contributed by atoms with E-state index in [2.05, 4.69) is 13.8 Å². The number of phosphoric ester groups is 1. The zero-order chi connectivity index (χ0) is 42.0. The second-order valence-electron chi connectivity index (χ2n) is 16.6. The lowest BCUT2D eigenvalue weighted by Gasteiger charge is -2.41. The number of aliphatic hydroxyl groups excluding tert-OH is 5. The van der Waals surface area contributed by atoms with Gasteiger partial charge in [0.05, 0.1) is 13.2 Å². The zero-order valence-corrected chi connectivity index (χ0v) is 37.1. The van der Waals surface area contributed by atoms with Crippen LogP contribution in [-0.2, 0) is 27.9 Å². The summed E-state index contributed by atoms with van der Waals surface area (Å²) in [4.78, 5) is 23.1. The number of carbonyl (C=O) groups excluding carboxylic acids is 1. The molecule has 0 aromatic heterocycles. The smallest absolute Gasteiger partial charge is 0.457 e. The molecule has 1 rings (SSSR count). The van der Waals surface area contributed by atoms with Crippen molar-refractivity contribution >= 4 is 13.8 Å². The highest BCUT2D eigenvalue weighted by Crippen LogP contribution is 2.47. The molecule has 13 heteroatoms. The average molecular weight is 839 g/mol. The summed E-state index contributed by atoms with van der Waals surface area (Å²) in [5.41, 5.74) is 0. The number of ether oxygens (including phenoxy) is 2. The Morgan fingerprint density at radius 3 is 1.21 bits per heavy atom. The van der Waals surface area contributed by atoms with Gasteiger partial charge in [-0.3, -0.25) is 13.8 Å². The maximum atomic E-state index is 12.8. The van der Waals surface area contributed by atoms with Gasteiger partial charge in [0.1, 0.15) is 42.7 Å². The van der Waals surface area contributed by atoms with E-state index in [0.717, 1.165) is 38.5 Å². The van der Waals surface area contributed by atoms with Crippen LogP contribution in [0.4, 0.5) is 0 Å². The van der Waals surface area contributed by atoms with Gasteiger partial charge in [0.15, 0.2) is 0 Å². The van der Waals surface area contributed by atoms with Crippen LogP contribution in [0.5, 0.6) is 0 Å². The third kappa shape index (κ3) is 28.5. The molecule has 0 aromatic carbocycles. The van der Waals surface area contributed by atoms with Crippen LogP contribution >= 0.6 is 7.82 Å². The predicted molar refractivity (Wildman–Crippen MR) is 226 cm³/mol. The van der Waals surface area contributed by atoms with Gasteiger partial charge in [-0.15, -0.1) is 0 Å². The summed E-state index contributed by atoms with van der Waals surface area (Å²) in [6.45, 7) is 4.27. The Balaban J connectivity index is 2.31. The summed E-state index contributed by atoms with van der Waals surface area (Å²) >= 11 is 0. The van der Waals surface area contributed by atoms with Crippen molar-refractivity contribution in [3.63, 3.8) is 0 Å². The van der Waals surface area contributed by atoms with E-state index in [1.54, 1.807) is 0 Å². The molecule has 6 N–H and O–H groups in total. The van der Waals surface area contributed by atoms with Crippen LogP contribution in [0.25, 0.3) is 0 Å². The van der Waals surface area contributed by atoms with Gasteiger partial charge in [-0.1, -0.05) is 194 Å². The molecule has 1 fully saturated rings. The van der Waals surface area contributed by atoms with E-state index in [4.69, 9.17) is 18.5 Å². The summed E-state index contributed by atoms with van der Waals surface area (Å²) in [5.74, 6) is -0.474. The van der Waals surface area contributed by atoms with Crippen LogP contribution in [0, 0.1) is 0 Å². The molecule has 0 amide bonds. The van der Waals surface area contributed by atoms with E-state index in [9.17, 15) is 39.8 Å². The summed E-state index contributed by atoms with van der Waals surface area (Å²) in [6, 6.07) is 0. The minimum absolute atomic E-state index is 0.0683. The number of hydrogen-bond donors (Lipinski definition) is 6. The zero-order valence-electron chi connectivity index (χ0n) is 36.2. The third-order valence-electron chi connectivity index (χ3n) is 11.2. The Morgan fingerprint density at radius 2 is 0.825 bits per heavy atom. The van der Waals surface area contributed by atoms with Gasteiger partial charge < -0.3 is 39.9 Å². The van der Waals surface area contributed by atoms with Crippen LogP contribution in [-0.4, -0.2) is 98.9 Å². The highest BCUT2D eigenvalue weighted by molar-refractivity contribution is 7.47. The lowest BCUT2D eigenvalue weighted by Crippen LogP contribution is -2.64. The molecular weight excluding hydrogens is 751 g/mol. The van der Waals surface area contributed by atoms with Gasteiger partial charge in [0.25, 0.3) is 0 Å². The maximum absolute atomic E-state index is 12.8. The molecule has 6 unspecified atom stereocenters. The summed E-state index contributed by atoms with van der Waals surface area (Å²) in [6.07, 6.45) is 24.7. The van der Waals surface area contributed by atoms with E-state index >= 15 is 0 Å². The topological polar surface area (TPSA) is 192 Å². The molecule has 1 aliphatic rings. The largest absolute Gasteiger partial charge is 0.472 e. The lowest BCUT2D eigenvalue weighted by atomic mass is 9.85. The molecule has 340 valence electrons. The Labute approximate surface area is 346 Å². The van der Waals surface area contributed by atoms with Gasteiger partial charge >= 0.3 is 13.8 Å². The lowest BCUT2D eigenvalue weighted by molar-refractivity contribution is -0.220. The molecule has 0 aliphatic heterocycles. The van der Waals surface area contributed by atoms with Crippen LogP contribution in [0.15, 0.2) is 0 Å². The van der Waals surface area contributed by atoms with Crippen molar-refractivity contribution in [1.82, 2.24) is 0 Å². The second-order valence-corrected chi connectivity index (χ2v) is 18.0. The van der Waals surface area contributed by atoms with E-state index in [0.29, 0.717) is 13.0 Å². The van der Waals surface area contributed by atoms with Crippen LogP contribution < -0.4 is 0 Å². The molecule has 0 bridgehead atoms. The fourth-order valence-electron chi connectivity index (χ4n) is 7.47. The van der Waals surface area contributed by atoms with Gasteiger partial charge in [0, 0.05) is 13.0 Å². The number of rotatable bonds is 40. The first-order valence-corrected chi connectivity index (χ1v) is 24.9. The van der Waals surface area contributed by atoms with E-state index in [-0.39, 0.29) is 13.0 Å². The molecule has 0 heterocycles. The normalized spacial score (nSPS) is 22.7. The molecule has 0 saturated heterocycles. The minimum Gasteiger partial charge on any atom is -0.457 e. The maximum Gasteiger partial charge on any atom is 0.472 e. The Morgan fingerprint density at radius 1 is 0.491 bits per heavy atom. The van der Waals surface area contributed by atoms with E-state index in [1.807, 2.05) is 0 Å². The van der Waals surface area contributed by atoms with Crippen molar-refractivity contribution in [2.75, 3.05) is 19.8 Å². The monoisotopic (exact) mass is 839 g/mol. The SMILES string of the molecule is CCCCCCCCCCCCCCCCCCCCCCOCC(COP(=O)(O)OC1C(O)C(O)C(O)C(O)C1O)OC(=O)CCCCCCCCCCCC. The van der Waals surface area contributed by atoms with Gasteiger partial charge in [0.2, 0.25) is 0 Å². The number of unbranched alkanes of at least 4 members (excludes halogenated alkanes) is 28. The van der Waals surface area contributed by atoms with Gasteiger partial charge in [-0.05, 0) is 12.8 Å². The molecule has 57 heavy (non-hydrogen) atoms. The van der Waals surface area contributed by atoms with Crippen molar-refractivity contribution in [2.45, 2.75) is 256 Å². The number of phosphoric acid groups is 1. The first kappa shape index (κ1) is 54.4. The number of carbonyl (C=O) groups is 1.